The fourth-order valence-electron chi connectivity index (χ4n) is 2.98. The van der Waals surface area contributed by atoms with E-state index in [9.17, 15) is 0 Å². The summed E-state index contributed by atoms with van der Waals surface area (Å²) in [4.78, 5) is 2.50. The molecule has 0 amide bonds. The monoisotopic (exact) mass is 266 g/mol. The van der Waals surface area contributed by atoms with Crippen LogP contribution in [0, 0.1) is 0 Å². The van der Waals surface area contributed by atoms with Crippen molar-refractivity contribution in [1.29, 1.82) is 0 Å². The van der Waals surface area contributed by atoms with Crippen LogP contribution >= 0.6 is 0 Å². The molecule has 2 heteroatoms. The van der Waals surface area contributed by atoms with Crippen molar-refractivity contribution in [2.45, 2.75) is 18.9 Å². The lowest BCUT2D eigenvalue weighted by molar-refractivity contribution is 0.270. The van der Waals surface area contributed by atoms with Gasteiger partial charge in [-0.2, -0.15) is 0 Å². The first-order chi connectivity index (χ1) is 9.83. The van der Waals surface area contributed by atoms with Crippen LogP contribution in [0.1, 0.15) is 22.7 Å². The zero-order valence-corrected chi connectivity index (χ0v) is 11.8. The van der Waals surface area contributed by atoms with Crippen LogP contribution in [0.4, 0.5) is 0 Å². The average Bonchev–Trinajstić information content (AvgIpc) is 2.71. The molecule has 1 atom stereocenters. The molecule has 2 aromatic carbocycles. The predicted octanol–water partition coefficient (Wildman–Crippen LogP) is 2.79. The second-order valence-corrected chi connectivity index (χ2v) is 5.59. The lowest BCUT2D eigenvalue weighted by Crippen LogP contribution is -2.34. The van der Waals surface area contributed by atoms with Crippen LogP contribution in [0.5, 0.6) is 0 Å². The maximum absolute atomic E-state index is 6.34. The van der Waals surface area contributed by atoms with Gasteiger partial charge in [-0.05, 0) is 29.5 Å². The van der Waals surface area contributed by atoms with E-state index >= 15 is 0 Å². The Hall–Kier alpha value is -1.64. The van der Waals surface area contributed by atoms with Crippen LogP contribution in [-0.2, 0) is 12.8 Å². The summed E-state index contributed by atoms with van der Waals surface area (Å²) in [7, 11) is 0. The van der Waals surface area contributed by atoms with Crippen LogP contribution in [0.25, 0.3) is 0 Å². The summed E-state index contributed by atoms with van der Waals surface area (Å²) in [6.45, 7) is 3.16. The Labute approximate surface area is 121 Å². The van der Waals surface area contributed by atoms with E-state index in [1.54, 1.807) is 0 Å². The molecule has 1 heterocycles. The SMILES string of the molecule is NC(CN1CCc2ccccc2CC1)c1ccccc1. The molecule has 0 spiro atoms. The Bertz CT molecular complexity index is 523. The first-order valence-electron chi connectivity index (χ1n) is 7.42. The molecule has 1 aliphatic rings. The zero-order valence-electron chi connectivity index (χ0n) is 11.8. The van der Waals surface area contributed by atoms with Gasteiger partial charge in [0.05, 0.1) is 0 Å². The van der Waals surface area contributed by atoms with Crippen molar-refractivity contribution >= 4 is 0 Å². The van der Waals surface area contributed by atoms with Crippen molar-refractivity contribution < 1.29 is 0 Å². The third kappa shape index (κ3) is 3.09. The van der Waals surface area contributed by atoms with E-state index in [0.717, 1.165) is 32.5 Å². The minimum atomic E-state index is 0.109. The van der Waals surface area contributed by atoms with Crippen LogP contribution in [-0.4, -0.2) is 24.5 Å². The second kappa shape index (κ2) is 6.21. The number of fused-ring (bicyclic) bond motifs is 1. The summed E-state index contributed by atoms with van der Waals surface area (Å²) >= 11 is 0. The summed E-state index contributed by atoms with van der Waals surface area (Å²) in [5, 5.41) is 0. The maximum atomic E-state index is 6.34. The smallest absolute Gasteiger partial charge is 0.0424 e. The summed E-state index contributed by atoms with van der Waals surface area (Å²) in [6.07, 6.45) is 2.27. The summed E-state index contributed by atoms with van der Waals surface area (Å²) in [6, 6.07) is 19.3. The Morgan fingerprint density at radius 1 is 0.850 bits per heavy atom. The molecule has 0 bridgehead atoms. The molecule has 1 aliphatic heterocycles. The molecule has 2 aromatic rings. The number of benzene rings is 2. The van der Waals surface area contributed by atoms with E-state index in [1.165, 1.54) is 16.7 Å². The highest BCUT2D eigenvalue weighted by Crippen LogP contribution is 2.18. The van der Waals surface area contributed by atoms with E-state index in [4.69, 9.17) is 5.73 Å². The van der Waals surface area contributed by atoms with Crippen LogP contribution < -0.4 is 5.73 Å². The van der Waals surface area contributed by atoms with Crippen molar-refractivity contribution in [3.8, 4) is 0 Å². The molecule has 104 valence electrons. The quantitative estimate of drug-likeness (QED) is 0.925. The van der Waals surface area contributed by atoms with Gasteiger partial charge in [0.2, 0.25) is 0 Å². The van der Waals surface area contributed by atoms with Crippen LogP contribution in [0.15, 0.2) is 54.6 Å². The van der Waals surface area contributed by atoms with Gasteiger partial charge in [-0.1, -0.05) is 54.6 Å². The van der Waals surface area contributed by atoms with E-state index < -0.39 is 0 Å². The molecule has 0 aliphatic carbocycles. The zero-order chi connectivity index (χ0) is 13.8. The number of rotatable bonds is 3. The van der Waals surface area contributed by atoms with Gasteiger partial charge in [0.1, 0.15) is 0 Å². The predicted molar refractivity (Wildman–Crippen MR) is 83.7 cm³/mol. The topological polar surface area (TPSA) is 29.3 Å². The number of nitrogens with zero attached hydrogens (tertiary/aromatic N) is 1. The minimum absolute atomic E-state index is 0.109. The molecule has 2 nitrogen and oxygen atoms in total. The Kier molecular flexibility index (Phi) is 4.14. The number of nitrogens with two attached hydrogens (primary N) is 1. The van der Waals surface area contributed by atoms with Crippen LogP contribution in [0.2, 0.25) is 0 Å². The molecular weight excluding hydrogens is 244 g/mol. The van der Waals surface area contributed by atoms with Crippen LogP contribution in [0.3, 0.4) is 0 Å². The van der Waals surface area contributed by atoms with E-state index in [2.05, 4.69) is 53.4 Å². The Morgan fingerprint density at radius 3 is 2.00 bits per heavy atom. The fraction of sp³-hybridized carbons (Fsp3) is 0.333. The van der Waals surface area contributed by atoms with Crippen molar-refractivity contribution in [2.75, 3.05) is 19.6 Å². The minimum Gasteiger partial charge on any atom is -0.323 e. The molecule has 0 aromatic heterocycles. The third-order valence-electron chi connectivity index (χ3n) is 4.20. The molecule has 2 N–H and O–H groups in total. The molecule has 20 heavy (non-hydrogen) atoms. The lowest BCUT2D eigenvalue weighted by Gasteiger charge is -2.24. The standard InChI is InChI=1S/C18H22N2/c19-18(17-8-2-1-3-9-17)14-20-12-10-15-6-4-5-7-16(15)11-13-20/h1-9,18H,10-14,19H2. The molecule has 0 saturated carbocycles. The van der Waals surface area contributed by atoms with Gasteiger partial charge >= 0.3 is 0 Å². The fourth-order valence-corrected chi connectivity index (χ4v) is 2.98. The summed E-state index contributed by atoms with van der Waals surface area (Å²) in [5.41, 5.74) is 10.6. The summed E-state index contributed by atoms with van der Waals surface area (Å²) in [5.74, 6) is 0. The van der Waals surface area contributed by atoms with Gasteiger partial charge in [0.15, 0.2) is 0 Å². The van der Waals surface area contributed by atoms with E-state index in [0.29, 0.717) is 0 Å². The first-order valence-corrected chi connectivity index (χ1v) is 7.42. The Balaban J connectivity index is 1.63. The molecule has 0 saturated heterocycles. The van der Waals surface area contributed by atoms with Gasteiger partial charge in [-0.3, -0.25) is 0 Å². The van der Waals surface area contributed by atoms with Gasteiger partial charge in [0, 0.05) is 25.7 Å². The van der Waals surface area contributed by atoms with E-state index in [-0.39, 0.29) is 6.04 Å². The van der Waals surface area contributed by atoms with Gasteiger partial charge < -0.3 is 10.6 Å². The second-order valence-electron chi connectivity index (χ2n) is 5.59. The van der Waals surface area contributed by atoms with Crippen molar-refractivity contribution in [3.63, 3.8) is 0 Å². The molecule has 3 rings (SSSR count). The number of hydrogen-bond acceptors (Lipinski definition) is 2. The highest BCUT2D eigenvalue weighted by molar-refractivity contribution is 5.28. The third-order valence-corrected chi connectivity index (χ3v) is 4.20. The van der Waals surface area contributed by atoms with Crippen molar-refractivity contribution in [1.82, 2.24) is 4.90 Å². The van der Waals surface area contributed by atoms with Gasteiger partial charge in [0.25, 0.3) is 0 Å². The summed E-state index contributed by atoms with van der Waals surface area (Å²) < 4.78 is 0. The molecular formula is C18H22N2. The molecule has 1 unspecified atom stereocenters. The largest absolute Gasteiger partial charge is 0.323 e. The number of hydrogen-bond donors (Lipinski definition) is 1. The Morgan fingerprint density at radius 2 is 1.40 bits per heavy atom. The maximum Gasteiger partial charge on any atom is 0.0424 e. The van der Waals surface area contributed by atoms with E-state index in [1.807, 2.05) is 6.07 Å². The average molecular weight is 266 g/mol. The van der Waals surface area contributed by atoms with Crippen molar-refractivity contribution in [3.05, 3.63) is 71.3 Å². The normalized spacial score (nSPS) is 17.2. The van der Waals surface area contributed by atoms with Gasteiger partial charge in [-0.15, -0.1) is 0 Å². The first kappa shape index (κ1) is 13.3. The lowest BCUT2D eigenvalue weighted by atomic mass is 10.0. The molecule has 0 radical (unpaired) electrons. The van der Waals surface area contributed by atoms with Gasteiger partial charge in [-0.25, -0.2) is 0 Å². The molecule has 0 fully saturated rings. The highest BCUT2D eigenvalue weighted by Gasteiger charge is 2.16. The van der Waals surface area contributed by atoms with Crippen molar-refractivity contribution in [2.24, 2.45) is 5.73 Å². The highest BCUT2D eigenvalue weighted by atomic mass is 15.1.